The zero-order valence-electron chi connectivity index (χ0n) is 14.4. The van der Waals surface area contributed by atoms with Crippen LogP contribution in [0.3, 0.4) is 0 Å². The van der Waals surface area contributed by atoms with E-state index >= 15 is 0 Å². The molecule has 2 aromatic heterocycles. The fraction of sp³-hybridized carbons (Fsp3) is 0.0435. The van der Waals surface area contributed by atoms with Gasteiger partial charge in [0.2, 0.25) is 0 Å². The lowest BCUT2D eigenvalue weighted by molar-refractivity contribution is 1.20. The molecule has 2 aromatic carbocycles. The lowest BCUT2D eigenvalue weighted by Gasteiger charge is -2.20. The summed E-state index contributed by atoms with van der Waals surface area (Å²) in [5.74, 6) is 0. The number of nitrogens with zero attached hydrogens (tertiary/aromatic N) is 2. The summed E-state index contributed by atoms with van der Waals surface area (Å²) in [7, 11) is -0.502. The van der Waals surface area contributed by atoms with E-state index in [1.165, 1.54) is 16.2 Å². The van der Waals surface area contributed by atoms with E-state index in [4.69, 9.17) is 0 Å². The summed E-state index contributed by atoms with van der Waals surface area (Å²) in [5, 5.41) is 2.76. The van der Waals surface area contributed by atoms with Crippen LogP contribution in [-0.2, 0) is 6.16 Å². The topological polar surface area (TPSA) is 25.8 Å². The second-order valence-electron chi connectivity index (χ2n) is 5.98. The highest BCUT2D eigenvalue weighted by molar-refractivity contribution is 7.72. The van der Waals surface area contributed by atoms with E-state index in [-0.39, 0.29) is 0 Å². The molecule has 0 atom stereocenters. The number of hydrogen-bond acceptors (Lipinski definition) is 2. The van der Waals surface area contributed by atoms with Crippen molar-refractivity contribution in [1.82, 2.24) is 9.97 Å². The molecule has 0 aliphatic heterocycles. The highest BCUT2D eigenvalue weighted by Gasteiger charge is 2.17. The van der Waals surface area contributed by atoms with Crippen LogP contribution < -0.4 is 10.6 Å². The molecular formula is C23H19N2P. The molecule has 0 spiro atoms. The third-order valence-corrected chi connectivity index (χ3v) is 6.76. The number of aromatic nitrogens is 2. The number of benzene rings is 2. The van der Waals surface area contributed by atoms with Gasteiger partial charge in [-0.2, -0.15) is 0 Å². The van der Waals surface area contributed by atoms with Gasteiger partial charge in [-0.1, -0.05) is 72.8 Å². The first-order valence-corrected chi connectivity index (χ1v) is 10.2. The Morgan fingerprint density at radius 3 is 1.81 bits per heavy atom. The minimum Gasteiger partial charge on any atom is -0.255 e. The minimum atomic E-state index is -0.502. The van der Waals surface area contributed by atoms with Gasteiger partial charge in [-0.05, 0) is 42.3 Å². The first-order valence-electron chi connectivity index (χ1n) is 8.65. The van der Waals surface area contributed by atoms with E-state index < -0.39 is 7.92 Å². The standard InChI is InChI=1S/C23H19N2P/c1-3-11-20(12-4-1)26(21-13-5-2-6-14-21)18-19-10-9-17-25-23(19)22-15-7-8-16-24-22/h1-17H,18H2. The second-order valence-corrected chi connectivity index (χ2v) is 8.19. The number of hydrogen-bond donors (Lipinski definition) is 0. The summed E-state index contributed by atoms with van der Waals surface area (Å²) in [5.41, 5.74) is 3.15. The molecule has 2 heterocycles. The molecule has 4 rings (SSSR count). The quantitative estimate of drug-likeness (QED) is 0.482. The second kappa shape index (κ2) is 8.03. The normalized spacial score (nSPS) is 10.8. The molecule has 0 unspecified atom stereocenters. The van der Waals surface area contributed by atoms with Crippen LogP contribution in [0, 0.1) is 0 Å². The van der Waals surface area contributed by atoms with Crippen LogP contribution in [0.25, 0.3) is 11.4 Å². The van der Waals surface area contributed by atoms with Gasteiger partial charge >= 0.3 is 0 Å². The molecule has 26 heavy (non-hydrogen) atoms. The Morgan fingerprint density at radius 2 is 1.19 bits per heavy atom. The molecular weight excluding hydrogens is 335 g/mol. The molecule has 0 saturated carbocycles. The van der Waals surface area contributed by atoms with E-state index in [0.717, 1.165) is 17.5 Å². The summed E-state index contributed by atoms with van der Waals surface area (Å²) in [6.45, 7) is 0. The van der Waals surface area contributed by atoms with Crippen LogP contribution in [0.2, 0.25) is 0 Å². The molecule has 0 aliphatic rings. The molecule has 0 amide bonds. The van der Waals surface area contributed by atoms with E-state index in [1.54, 1.807) is 0 Å². The molecule has 126 valence electrons. The summed E-state index contributed by atoms with van der Waals surface area (Å²) in [6.07, 6.45) is 4.62. The Hall–Kier alpha value is -2.83. The van der Waals surface area contributed by atoms with Crippen LogP contribution in [0.15, 0.2) is 103 Å². The molecule has 0 fully saturated rings. The Morgan fingerprint density at radius 1 is 0.577 bits per heavy atom. The summed E-state index contributed by atoms with van der Waals surface area (Å²) < 4.78 is 0. The maximum Gasteiger partial charge on any atom is 0.0921 e. The smallest absolute Gasteiger partial charge is 0.0921 e. The monoisotopic (exact) mass is 354 g/mol. The summed E-state index contributed by atoms with van der Waals surface area (Å²) in [6, 6.07) is 31.7. The molecule has 0 saturated heterocycles. The van der Waals surface area contributed by atoms with E-state index in [9.17, 15) is 0 Å². The van der Waals surface area contributed by atoms with Crippen molar-refractivity contribution in [2.75, 3.05) is 0 Å². The molecule has 0 bridgehead atoms. The van der Waals surface area contributed by atoms with Crippen molar-refractivity contribution in [1.29, 1.82) is 0 Å². The van der Waals surface area contributed by atoms with Crippen LogP contribution in [-0.4, -0.2) is 9.97 Å². The van der Waals surface area contributed by atoms with Crippen molar-refractivity contribution in [3.63, 3.8) is 0 Å². The van der Waals surface area contributed by atoms with Crippen molar-refractivity contribution in [2.24, 2.45) is 0 Å². The fourth-order valence-electron chi connectivity index (χ4n) is 3.02. The summed E-state index contributed by atoms with van der Waals surface area (Å²) >= 11 is 0. The van der Waals surface area contributed by atoms with Gasteiger partial charge in [0.15, 0.2) is 0 Å². The van der Waals surface area contributed by atoms with Crippen molar-refractivity contribution >= 4 is 18.5 Å². The average Bonchev–Trinajstić information content (AvgIpc) is 2.74. The van der Waals surface area contributed by atoms with Gasteiger partial charge in [0.1, 0.15) is 0 Å². The Balaban J connectivity index is 1.76. The third-order valence-electron chi connectivity index (χ3n) is 4.26. The first-order chi connectivity index (χ1) is 12.9. The zero-order chi connectivity index (χ0) is 17.6. The maximum atomic E-state index is 4.64. The SMILES string of the molecule is c1ccc(P(Cc2cccnc2-c2ccccn2)c2ccccc2)cc1. The largest absolute Gasteiger partial charge is 0.255 e. The minimum absolute atomic E-state index is 0.502. The molecule has 0 N–H and O–H groups in total. The van der Waals surface area contributed by atoms with E-state index in [2.05, 4.69) is 76.7 Å². The maximum absolute atomic E-state index is 4.64. The molecule has 0 radical (unpaired) electrons. The van der Waals surface area contributed by atoms with Gasteiger partial charge in [0.05, 0.1) is 11.4 Å². The van der Waals surface area contributed by atoms with Crippen molar-refractivity contribution in [2.45, 2.75) is 6.16 Å². The Kier molecular flexibility index (Phi) is 5.14. The Bertz CT molecular complexity index is 917. The predicted molar refractivity (Wildman–Crippen MR) is 110 cm³/mol. The Labute approximate surface area is 155 Å². The van der Waals surface area contributed by atoms with E-state index in [1.807, 2.05) is 36.7 Å². The van der Waals surface area contributed by atoms with Crippen LogP contribution in [0.1, 0.15) is 5.56 Å². The molecule has 4 aromatic rings. The predicted octanol–water partition coefficient (Wildman–Crippen LogP) is 4.78. The highest BCUT2D eigenvalue weighted by atomic mass is 31.1. The van der Waals surface area contributed by atoms with Gasteiger partial charge in [-0.25, -0.2) is 0 Å². The first kappa shape index (κ1) is 16.6. The van der Waals surface area contributed by atoms with Gasteiger partial charge < -0.3 is 0 Å². The van der Waals surface area contributed by atoms with E-state index in [0.29, 0.717) is 0 Å². The van der Waals surface area contributed by atoms with Crippen molar-refractivity contribution in [3.05, 3.63) is 109 Å². The molecule has 0 aliphatic carbocycles. The lowest BCUT2D eigenvalue weighted by atomic mass is 10.1. The zero-order valence-corrected chi connectivity index (χ0v) is 15.3. The third kappa shape index (κ3) is 3.71. The fourth-order valence-corrected chi connectivity index (χ4v) is 5.34. The van der Waals surface area contributed by atoms with Gasteiger partial charge in [-0.3, -0.25) is 9.97 Å². The molecule has 2 nitrogen and oxygen atoms in total. The van der Waals surface area contributed by atoms with Crippen molar-refractivity contribution in [3.8, 4) is 11.4 Å². The van der Waals surface area contributed by atoms with Gasteiger partial charge in [-0.15, -0.1) is 0 Å². The lowest BCUT2D eigenvalue weighted by Crippen LogP contribution is -2.13. The van der Waals surface area contributed by atoms with Gasteiger partial charge in [0, 0.05) is 18.6 Å². The average molecular weight is 354 g/mol. The highest BCUT2D eigenvalue weighted by Crippen LogP contribution is 2.39. The summed E-state index contributed by atoms with van der Waals surface area (Å²) in [4.78, 5) is 9.14. The van der Waals surface area contributed by atoms with Crippen LogP contribution in [0.5, 0.6) is 0 Å². The van der Waals surface area contributed by atoms with Gasteiger partial charge in [0.25, 0.3) is 0 Å². The van der Waals surface area contributed by atoms with Crippen LogP contribution in [0.4, 0.5) is 0 Å². The number of rotatable bonds is 5. The molecule has 3 heteroatoms. The number of pyridine rings is 2. The van der Waals surface area contributed by atoms with Crippen molar-refractivity contribution < 1.29 is 0 Å². The van der Waals surface area contributed by atoms with Crippen LogP contribution >= 0.6 is 7.92 Å².